The number of carbonyl (C=O) groups is 2. The maximum Gasteiger partial charge on any atom is 0.416 e. The molecule has 4 N–H and O–H groups in total. The maximum absolute atomic E-state index is 13.1. The number of alkyl halides is 3. The quantitative estimate of drug-likeness (QED) is 0.258. The van der Waals surface area contributed by atoms with E-state index in [1.165, 1.54) is 55.2 Å². The molecule has 2 aromatic carbocycles. The Morgan fingerprint density at radius 3 is 2.40 bits per heavy atom. The molecule has 0 saturated carbocycles. The first-order chi connectivity index (χ1) is 19.8. The number of aromatic nitrogens is 6. The third-order valence-corrected chi connectivity index (χ3v) is 6.40. The van der Waals surface area contributed by atoms with Gasteiger partial charge in [0.15, 0.2) is 17.8 Å². The molecule has 2 heterocycles. The van der Waals surface area contributed by atoms with Gasteiger partial charge in [0.2, 0.25) is 0 Å². The van der Waals surface area contributed by atoms with Crippen LogP contribution in [0.2, 0.25) is 5.02 Å². The molecule has 0 spiro atoms. The van der Waals surface area contributed by atoms with Crippen LogP contribution in [0, 0.1) is 0 Å². The van der Waals surface area contributed by atoms with E-state index in [-0.39, 0.29) is 46.3 Å². The number of hydrogen-bond acceptors (Lipinski definition) is 8. The van der Waals surface area contributed by atoms with Crippen LogP contribution in [0.25, 0.3) is 17.1 Å². The number of nitrogens with one attached hydrogen (secondary N) is 1. The van der Waals surface area contributed by atoms with Gasteiger partial charge >= 0.3 is 11.9 Å². The second kappa shape index (κ2) is 12.0. The molecule has 16 heteroatoms. The Balaban J connectivity index is 1.65. The van der Waals surface area contributed by atoms with E-state index in [9.17, 15) is 32.7 Å². The topological polar surface area (TPSA) is 163 Å². The summed E-state index contributed by atoms with van der Waals surface area (Å²) in [7, 11) is 0. The number of benzene rings is 2. The monoisotopic (exact) mass is 604 g/mol. The van der Waals surface area contributed by atoms with Crippen LogP contribution in [0.4, 0.5) is 13.2 Å². The first kappa shape index (κ1) is 30.2. The summed E-state index contributed by atoms with van der Waals surface area (Å²) in [6, 6.07) is 12.1. The van der Waals surface area contributed by atoms with E-state index in [0.717, 1.165) is 4.68 Å². The SMILES string of the molecule is C/C(N)=C(\C)C(=O)NC(=O)c1ccccc1-n1cnc(Cn2nc(-c3ccc(Cl)cc3)n(C[C@H](O)C(F)(F)F)c2=O)n1. The Morgan fingerprint density at radius 2 is 1.76 bits per heavy atom. The van der Waals surface area contributed by atoms with Gasteiger partial charge in [-0.3, -0.25) is 19.5 Å². The molecule has 0 saturated heterocycles. The molecule has 12 nitrogen and oxygen atoms in total. The molecular formula is C26H24ClF3N8O4. The molecule has 0 fully saturated rings. The smallest absolute Gasteiger partial charge is 0.402 e. The molecule has 4 rings (SSSR count). The molecule has 2 aromatic heterocycles. The van der Waals surface area contributed by atoms with E-state index in [4.69, 9.17) is 17.3 Å². The third kappa shape index (κ3) is 6.58. The van der Waals surface area contributed by atoms with Gasteiger partial charge in [-0.25, -0.2) is 19.1 Å². The summed E-state index contributed by atoms with van der Waals surface area (Å²) in [6.45, 7) is 1.55. The van der Waals surface area contributed by atoms with Crippen LogP contribution in [-0.2, 0) is 17.9 Å². The average Bonchev–Trinajstić information content (AvgIpc) is 3.53. The standard InChI is InChI=1S/C26H24ClF3N8O4/c1-14(15(2)31)23(40)33-24(41)18-5-3-4-6-19(18)38-13-32-21(34-38)12-37-25(42)36(11-20(39)26(28,29)30)22(35-37)16-7-9-17(27)10-8-16/h3-10,13,20,39H,11-12,31H2,1-2H3,(H,33,40,41)/b15-14-/t20-/m0/s1. The van der Waals surface area contributed by atoms with Gasteiger partial charge in [0.1, 0.15) is 12.9 Å². The van der Waals surface area contributed by atoms with E-state index >= 15 is 0 Å². The fourth-order valence-electron chi connectivity index (χ4n) is 3.73. The van der Waals surface area contributed by atoms with Crippen molar-refractivity contribution >= 4 is 23.4 Å². The minimum atomic E-state index is -4.97. The van der Waals surface area contributed by atoms with Gasteiger partial charge < -0.3 is 10.8 Å². The van der Waals surface area contributed by atoms with Gasteiger partial charge in [0, 0.05) is 21.9 Å². The number of carbonyl (C=O) groups excluding carboxylic acids is 2. The number of para-hydroxylation sites is 1. The van der Waals surface area contributed by atoms with Crippen LogP contribution < -0.4 is 16.7 Å². The van der Waals surface area contributed by atoms with Crippen LogP contribution in [0.1, 0.15) is 30.0 Å². The largest absolute Gasteiger partial charge is 0.416 e. The molecule has 4 aromatic rings. The zero-order valence-corrected chi connectivity index (χ0v) is 22.9. The highest BCUT2D eigenvalue weighted by Gasteiger charge is 2.39. The normalized spacial score (nSPS) is 13.0. The number of halogens is 4. The van der Waals surface area contributed by atoms with Crippen LogP contribution in [0.3, 0.4) is 0 Å². The minimum Gasteiger partial charge on any atom is -0.402 e. The van der Waals surface area contributed by atoms with Crippen LogP contribution in [-0.4, -0.2) is 58.3 Å². The van der Waals surface area contributed by atoms with Gasteiger partial charge in [-0.05, 0) is 50.2 Å². The van der Waals surface area contributed by atoms with Crippen molar-refractivity contribution in [3.05, 3.63) is 93.0 Å². The maximum atomic E-state index is 13.1. The molecule has 0 radical (unpaired) electrons. The number of aliphatic hydroxyl groups excluding tert-OH is 1. The molecule has 0 unspecified atom stereocenters. The van der Waals surface area contributed by atoms with Crippen LogP contribution >= 0.6 is 11.6 Å². The van der Waals surface area contributed by atoms with Crippen molar-refractivity contribution in [3.63, 3.8) is 0 Å². The van der Waals surface area contributed by atoms with E-state index in [0.29, 0.717) is 9.59 Å². The first-order valence-electron chi connectivity index (χ1n) is 12.2. The van der Waals surface area contributed by atoms with E-state index in [1.807, 2.05) is 0 Å². The minimum absolute atomic E-state index is 0.0320. The van der Waals surface area contributed by atoms with Gasteiger partial charge in [-0.2, -0.15) is 13.2 Å². The third-order valence-electron chi connectivity index (χ3n) is 6.14. The van der Waals surface area contributed by atoms with Crippen LogP contribution in [0.15, 0.2) is 70.9 Å². The molecule has 1 atom stereocenters. The van der Waals surface area contributed by atoms with Crippen molar-refractivity contribution in [1.82, 2.24) is 34.4 Å². The summed E-state index contributed by atoms with van der Waals surface area (Å²) < 4.78 is 42.1. The number of nitrogens with two attached hydrogens (primary N) is 1. The second-order valence-electron chi connectivity index (χ2n) is 9.15. The summed E-state index contributed by atoms with van der Waals surface area (Å²) in [5.74, 6) is -1.50. The fraction of sp³-hybridized carbons (Fsp3) is 0.231. The van der Waals surface area contributed by atoms with E-state index in [2.05, 4.69) is 20.5 Å². The number of amides is 2. The van der Waals surface area contributed by atoms with Crippen molar-refractivity contribution in [2.45, 2.75) is 39.2 Å². The highest BCUT2D eigenvalue weighted by molar-refractivity contribution is 6.30. The van der Waals surface area contributed by atoms with E-state index in [1.54, 1.807) is 18.2 Å². The summed E-state index contributed by atoms with van der Waals surface area (Å²) in [5.41, 5.74) is 5.72. The summed E-state index contributed by atoms with van der Waals surface area (Å²) in [6.07, 6.45) is -6.53. The Morgan fingerprint density at radius 1 is 1.10 bits per heavy atom. The van der Waals surface area contributed by atoms with Gasteiger partial charge in [-0.1, -0.05) is 23.7 Å². The number of hydrogen-bond donors (Lipinski definition) is 3. The lowest BCUT2D eigenvalue weighted by atomic mass is 10.1. The predicted molar refractivity (Wildman–Crippen MR) is 144 cm³/mol. The summed E-state index contributed by atoms with van der Waals surface area (Å²) >= 11 is 5.91. The number of rotatable bonds is 8. The zero-order valence-electron chi connectivity index (χ0n) is 22.1. The second-order valence-corrected chi connectivity index (χ2v) is 9.59. The van der Waals surface area contributed by atoms with Crippen molar-refractivity contribution in [3.8, 4) is 17.1 Å². The van der Waals surface area contributed by atoms with Crippen molar-refractivity contribution < 1.29 is 27.9 Å². The zero-order chi connectivity index (χ0) is 30.8. The fourth-order valence-corrected chi connectivity index (χ4v) is 3.85. The summed E-state index contributed by atoms with van der Waals surface area (Å²) in [4.78, 5) is 42.4. The lowest BCUT2D eigenvalue weighted by Gasteiger charge is -2.15. The number of imide groups is 1. The molecule has 0 bridgehead atoms. The van der Waals surface area contributed by atoms with Crippen molar-refractivity contribution in [1.29, 1.82) is 0 Å². The van der Waals surface area contributed by atoms with E-state index < -0.39 is 36.3 Å². The molecule has 2 amide bonds. The number of allylic oxidation sites excluding steroid dienone is 1. The molecular weight excluding hydrogens is 581 g/mol. The van der Waals surface area contributed by atoms with Gasteiger partial charge in [-0.15, -0.1) is 10.2 Å². The highest BCUT2D eigenvalue weighted by atomic mass is 35.5. The molecule has 42 heavy (non-hydrogen) atoms. The Kier molecular flexibility index (Phi) is 8.63. The predicted octanol–water partition coefficient (Wildman–Crippen LogP) is 2.43. The molecule has 0 aliphatic carbocycles. The lowest BCUT2D eigenvalue weighted by Crippen LogP contribution is -2.37. The molecule has 0 aliphatic heterocycles. The summed E-state index contributed by atoms with van der Waals surface area (Å²) in [5, 5.41) is 20.7. The van der Waals surface area contributed by atoms with Gasteiger partial charge in [0.25, 0.3) is 11.8 Å². The van der Waals surface area contributed by atoms with Crippen molar-refractivity contribution in [2.24, 2.45) is 5.73 Å². The number of nitrogens with zero attached hydrogens (tertiary/aromatic N) is 6. The van der Waals surface area contributed by atoms with Crippen molar-refractivity contribution in [2.75, 3.05) is 0 Å². The lowest BCUT2D eigenvalue weighted by molar-refractivity contribution is -0.207. The number of aliphatic hydroxyl groups is 1. The first-order valence-corrected chi connectivity index (χ1v) is 12.6. The average molecular weight is 605 g/mol. The van der Waals surface area contributed by atoms with Gasteiger partial charge in [0.05, 0.1) is 17.8 Å². The Bertz CT molecular complexity index is 1720. The molecule has 0 aliphatic rings. The Hall–Kier alpha value is -4.76. The Labute approximate surface area is 240 Å². The highest BCUT2D eigenvalue weighted by Crippen LogP contribution is 2.24. The molecule has 220 valence electrons. The van der Waals surface area contributed by atoms with Crippen LogP contribution in [0.5, 0.6) is 0 Å².